The molecule has 0 aromatic carbocycles. The van der Waals surface area contributed by atoms with Gasteiger partial charge >= 0.3 is 0 Å². The molecule has 2 aromatic heterocycles. The number of halogens is 1. The van der Waals surface area contributed by atoms with E-state index in [1.54, 1.807) is 0 Å². The first-order chi connectivity index (χ1) is 13.2. The largest absolute Gasteiger partial charge is 0.383 e. The summed E-state index contributed by atoms with van der Waals surface area (Å²) < 4.78 is 31.0. The van der Waals surface area contributed by atoms with Gasteiger partial charge in [-0.25, -0.2) is 19.3 Å². The Kier molecular flexibility index (Phi) is 6.93. The summed E-state index contributed by atoms with van der Waals surface area (Å²) in [5, 5.41) is 16.1. The minimum atomic E-state index is -3.53. The van der Waals surface area contributed by atoms with Crippen molar-refractivity contribution in [3.8, 4) is 0 Å². The Labute approximate surface area is 174 Å². The average molecular weight is 443 g/mol. The third-order valence-corrected chi connectivity index (χ3v) is 7.50. The number of hydrogen-bond donors (Lipinski definition) is 2. The van der Waals surface area contributed by atoms with E-state index in [0.29, 0.717) is 16.1 Å². The molecule has 1 atom stereocenters. The van der Waals surface area contributed by atoms with E-state index in [-0.39, 0.29) is 22.5 Å². The van der Waals surface area contributed by atoms with Crippen molar-refractivity contribution in [2.75, 3.05) is 0 Å². The van der Waals surface area contributed by atoms with Gasteiger partial charge < -0.3 is 5.11 Å². The molecule has 3 N–H and O–H groups in total. The zero-order valence-electron chi connectivity index (χ0n) is 17.4. The lowest BCUT2D eigenvalue weighted by Gasteiger charge is -2.18. The third-order valence-electron chi connectivity index (χ3n) is 4.27. The van der Waals surface area contributed by atoms with Gasteiger partial charge in [0.05, 0.1) is 12.6 Å². The van der Waals surface area contributed by atoms with Crippen LogP contribution in [0.2, 0.25) is 0 Å². The fourth-order valence-corrected chi connectivity index (χ4v) is 5.03. The second kappa shape index (κ2) is 8.55. The Morgan fingerprint density at radius 1 is 1.28 bits per heavy atom. The number of carbonyl (C=O) groups excluding carboxylic acids is 1. The van der Waals surface area contributed by atoms with E-state index in [2.05, 4.69) is 14.3 Å². The molecule has 0 aliphatic rings. The quantitative estimate of drug-likeness (QED) is 0.662. The molecule has 0 saturated heterocycles. The summed E-state index contributed by atoms with van der Waals surface area (Å²) in [6.07, 6.45) is 2.45. The SMILES string of the molecule is CC(C)c1cnc(F)c(C(C)C)c1CC(=O)N=S(N)(=O)c1cnc(C(C)(C)O)s1. The topological polar surface area (TPSA) is 119 Å². The van der Waals surface area contributed by atoms with E-state index in [4.69, 9.17) is 5.14 Å². The van der Waals surface area contributed by atoms with Crippen molar-refractivity contribution in [2.45, 2.75) is 69.6 Å². The van der Waals surface area contributed by atoms with Crippen LogP contribution in [0.25, 0.3) is 0 Å². The Hall–Kier alpha value is -1.75. The Balaban J connectivity index is 2.46. The number of nitrogens with zero attached hydrogens (tertiary/aromatic N) is 3. The van der Waals surface area contributed by atoms with Gasteiger partial charge in [-0.15, -0.1) is 15.7 Å². The normalized spacial score (nSPS) is 14.3. The van der Waals surface area contributed by atoms with Crippen LogP contribution in [0.15, 0.2) is 21.0 Å². The zero-order valence-corrected chi connectivity index (χ0v) is 19.0. The minimum Gasteiger partial charge on any atom is -0.383 e. The smallest absolute Gasteiger partial charge is 0.259 e. The van der Waals surface area contributed by atoms with E-state index in [1.807, 2.05) is 27.7 Å². The molecule has 0 bridgehead atoms. The number of hydrogen-bond acceptors (Lipinski definition) is 6. The average Bonchev–Trinajstić information content (AvgIpc) is 3.04. The molecular formula is C19H27FN4O3S2. The van der Waals surface area contributed by atoms with Gasteiger partial charge in [0.25, 0.3) is 5.91 Å². The van der Waals surface area contributed by atoms with Crippen molar-refractivity contribution in [3.63, 3.8) is 0 Å². The van der Waals surface area contributed by atoms with Crippen LogP contribution in [0.4, 0.5) is 4.39 Å². The molecule has 29 heavy (non-hydrogen) atoms. The molecule has 2 heterocycles. The maximum atomic E-state index is 14.3. The number of aromatic nitrogens is 2. The van der Waals surface area contributed by atoms with Gasteiger partial charge in [-0.05, 0) is 36.8 Å². The standard InChI is InChI=1S/C19H27FN4O3S2/c1-10(2)13-8-22-17(20)16(11(3)4)12(13)7-14(25)24-29(21,27)15-9-23-18(28-15)19(5,6)26/h8-11,26H,7H2,1-6H3,(H2,21,24,25,27). The third kappa shape index (κ3) is 5.44. The van der Waals surface area contributed by atoms with Crippen LogP contribution in [0.1, 0.15) is 75.1 Å². The van der Waals surface area contributed by atoms with Crippen molar-refractivity contribution in [2.24, 2.45) is 9.50 Å². The van der Waals surface area contributed by atoms with Gasteiger partial charge in [0.2, 0.25) is 5.95 Å². The van der Waals surface area contributed by atoms with Crippen LogP contribution in [-0.4, -0.2) is 25.2 Å². The maximum Gasteiger partial charge on any atom is 0.259 e. The maximum absolute atomic E-state index is 14.3. The van der Waals surface area contributed by atoms with Gasteiger partial charge in [0.15, 0.2) is 9.92 Å². The fourth-order valence-electron chi connectivity index (χ4n) is 2.89. The number of rotatable bonds is 6. The van der Waals surface area contributed by atoms with E-state index < -0.39 is 27.4 Å². The predicted octanol–water partition coefficient (Wildman–Crippen LogP) is 3.62. The molecule has 7 nitrogen and oxygen atoms in total. The molecule has 0 radical (unpaired) electrons. The minimum absolute atomic E-state index is 0.0153. The van der Waals surface area contributed by atoms with Crippen molar-refractivity contribution >= 4 is 27.2 Å². The Morgan fingerprint density at radius 2 is 1.90 bits per heavy atom. The summed E-state index contributed by atoms with van der Waals surface area (Å²) in [4.78, 5) is 20.5. The van der Waals surface area contributed by atoms with Crippen molar-refractivity contribution in [3.05, 3.63) is 40.0 Å². The van der Waals surface area contributed by atoms with E-state index in [0.717, 1.165) is 16.9 Å². The summed E-state index contributed by atoms with van der Waals surface area (Å²) in [5.74, 6) is -1.52. The fraction of sp³-hybridized carbons (Fsp3) is 0.526. The van der Waals surface area contributed by atoms with Gasteiger partial charge in [-0.2, -0.15) is 4.39 Å². The molecule has 0 saturated carbocycles. The number of pyridine rings is 1. The lowest BCUT2D eigenvalue weighted by molar-refractivity contribution is -0.117. The van der Waals surface area contributed by atoms with Crippen molar-refractivity contribution < 1.29 is 18.5 Å². The van der Waals surface area contributed by atoms with Crippen LogP contribution in [-0.2, 0) is 26.7 Å². The number of thiazole rings is 1. The monoisotopic (exact) mass is 442 g/mol. The molecule has 2 rings (SSSR count). The first kappa shape index (κ1) is 23.5. The van der Waals surface area contributed by atoms with Crippen molar-refractivity contribution in [1.29, 1.82) is 0 Å². The van der Waals surface area contributed by atoms with E-state index in [1.165, 1.54) is 26.2 Å². The number of amides is 1. The van der Waals surface area contributed by atoms with Crippen molar-refractivity contribution in [1.82, 2.24) is 9.97 Å². The highest BCUT2D eigenvalue weighted by atomic mass is 32.2. The summed E-state index contributed by atoms with van der Waals surface area (Å²) >= 11 is 0.936. The lowest BCUT2D eigenvalue weighted by Crippen LogP contribution is -2.17. The molecule has 0 fully saturated rings. The zero-order chi connectivity index (χ0) is 22.1. The van der Waals surface area contributed by atoms with Crippen LogP contribution in [0, 0.1) is 5.95 Å². The molecule has 0 aliphatic heterocycles. The van der Waals surface area contributed by atoms with Gasteiger partial charge in [-0.1, -0.05) is 27.7 Å². The number of nitrogens with two attached hydrogens (primary N) is 1. The van der Waals surface area contributed by atoms with Crippen LogP contribution < -0.4 is 5.14 Å². The summed E-state index contributed by atoms with van der Waals surface area (Å²) in [5.41, 5.74) is 0.373. The predicted molar refractivity (Wildman–Crippen MR) is 111 cm³/mol. The molecular weight excluding hydrogens is 415 g/mol. The van der Waals surface area contributed by atoms with Crippen LogP contribution in [0.5, 0.6) is 0 Å². The highest BCUT2D eigenvalue weighted by Crippen LogP contribution is 2.30. The molecule has 0 spiro atoms. The molecule has 1 unspecified atom stereocenters. The van der Waals surface area contributed by atoms with E-state index >= 15 is 0 Å². The first-order valence-corrected chi connectivity index (χ1v) is 11.6. The lowest BCUT2D eigenvalue weighted by atomic mass is 9.89. The summed E-state index contributed by atoms with van der Waals surface area (Å²) in [6.45, 7) is 10.6. The van der Waals surface area contributed by atoms with Gasteiger partial charge in [-0.3, -0.25) is 4.79 Å². The molecule has 2 aromatic rings. The highest BCUT2D eigenvalue weighted by Gasteiger charge is 2.25. The summed E-state index contributed by atoms with van der Waals surface area (Å²) in [7, 11) is -3.53. The molecule has 160 valence electrons. The van der Waals surface area contributed by atoms with Gasteiger partial charge in [0, 0.05) is 11.8 Å². The second-order valence-corrected chi connectivity index (χ2v) is 11.0. The van der Waals surface area contributed by atoms with E-state index in [9.17, 15) is 18.5 Å². The number of aliphatic hydroxyl groups is 1. The Bertz CT molecular complexity index is 1030. The first-order valence-electron chi connectivity index (χ1n) is 9.17. The van der Waals surface area contributed by atoms with Crippen LogP contribution in [0.3, 0.4) is 0 Å². The van der Waals surface area contributed by atoms with Crippen LogP contribution >= 0.6 is 11.3 Å². The number of carbonyl (C=O) groups is 1. The molecule has 1 amide bonds. The molecule has 10 heteroatoms. The highest BCUT2D eigenvalue weighted by molar-refractivity contribution is 7.93. The van der Waals surface area contributed by atoms with Gasteiger partial charge in [0.1, 0.15) is 14.8 Å². The molecule has 0 aliphatic carbocycles. The summed E-state index contributed by atoms with van der Waals surface area (Å²) in [6, 6.07) is 0. The Morgan fingerprint density at radius 3 is 2.38 bits per heavy atom. The second-order valence-electron chi connectivity index (χ2n) is 7.98.